The van der Waals surface area contributed by atoms with Crippen LogP contribution in [0.25, 0.3) is 44.5 Å². The number of hydrogen-bond donors (Lipinski definition) is 0. The number of nitrogens with zero attached hydrogens (tertiary/aromatic N) is 1. The fraction of sp³-hybridized carbons (Fsp3) is 0.0182. The van der Waals surface area contributed by atoms with Crippen LogP contribution in [-0.4, -0.2) is 0 Å². The summed E-state index contributed by atoms with van der Waals surface area (Å²) >= 11 is 0. The average Bonchev–Trinajstić information content (AvgIpc) is 3.59. The van der Waals surface area contributed by atoms with Gasteiger partial charge < -0.3 is 4.90 Å². The Morgan fingerprint density at radius 2 is 0.643 bits per heavy atom. The van der Waals surface area contributed by atoms with Gasteiger partial charge in [0.1, 0.15) is 0 Å². The van der Waals surface area contributed by atoms with Crippen molar-refractivity contribution in [1.82, 2.24) is 0 Å². The highest BCUT2D eigenvalue weighted by molar-refractivity contribution is 5.88. The first-order valence-electron chi connectivity index (χ1n) is 19.3. The molecular formula is C55H39N. The van der Waals surface area contributed by atoms with Crippen molar-refractivity contribution < 1.29 is 0 Å². The van der Waals surface area contributed by atoms with Gasteiger partial charge >= 0.3 is 0 Å². The van der Waals surface area contributed by atoms with Crippen LogP contribution < -0.4 is 4.90 Å². The van der Waals surface area contributed by atoms with Crippen molar-refractivity contribution in [2.75, 3.05) is 4.90 Å². The molecule has 0 heterocycles. The van der Waals surface area contributed by atoms with E-state index in [2.05, 4.69) is 241 Å². The Bertz CT molecular complexity index is 2720. The summed E-state index contributed by atoms with van der Waals surface area (Å²) in [5, 5.41) is 0. The van der Waals surface area contributed by atoms with E-state index in [0.29, 0.717) is 0 Å². The monoisotopic (exact) mass is 713 g/mol. The molecule has 1 aliphatic carbocycles. The van der Waals surface area contributed by atoms with Gasteiger partial charge in [-0.1, -0.05) is 200 Å². The molecule has 0 aliphatic heterocycles. The summed E-state index contributed by atoms with van der Waals surface area (Å²) < 4.78 is 0. The zero-order valence-electron chi connectivity index (χ0n) is 31.0. The van der Waals surface area contributed by atoms with Crippen LogP contribution in [0.4, 0.5) is 17.1 Å². The summed E-state index contributed by atoms with van der Waals surface area (Å²) in [5.74, 6) is 0. The van der Waals surface area contributed by atoms with Crippen LogP contribution in [-0.2, 0) is 5.41 Å². The van der Waals surface area contributed by atoms with Crippen LogP contribution in [0.1, 0.15) is 22.3 Å². The average molecular weight is 714 g/mol. The molecule has 0 saturated heterocycles. The van der Waals surface area contributed by atoms with Gasteiger partial charge in [-0.05, 0) is 103 Å². The number of rotatable bonds is 8. The van der Waals surface area contributed by atoms with Crippen LogP contribution >= 0.6 is 0 Å². The van der Waals surface area contributed by atoms with E-state index < -0.39 is 5.41 Å². The molecule has 1 nitrogen and oxygen atoms in total. The van der Waals surface area contributed by atoms with Crippen molar-refractivity contribution >= 4 is 17.1 Å². The van der Waals surface area contributed by atoms with Crippen molar-refractivity contribution in [1.29, 1.82) is 0 Å². The minimum atomic E-state index is -0.488. The zero-order chi connectivity index (χ0) is 37.3. The molecular weight excluding hydrogens is 675 g/mol. The third-order valence-corrected chi connectivity index (χ3v) is 11.4. The molecule has 0 saturated carbocycles. The molecule has 0 unspecified atom stereocenters. The molecule has 1 heteroatoms. The van der Waals surface area contributed by atoms with Crippen molar-refractivity contribution in [3.05, 3.63) is 259 Å². The first kappa shape index (κ1) is 33.4. The van der Waals surface area contributed by atoms with E-state index in [4.69, 9.17) is 0 Å². The van der Waals surface area contributed by atoms with E-state index in [1.54, 1.807) is 0 Å². The van der Waals surface area contributed by atoms with Crippen molar-refractivity contribution in [3.63, 3.8) is 0 Å². The molecule has 1 aliphatic rings. The lowest BCUT2D eigenvalue weighted by atomic mass is 9.67. The van der Waals surface area contributed by atoms with E-state index in [9.17, 15) is 0 Å². The van der Waals surface area contributed by atoms with E-state index in [-0.39, 0.29) is 0 Å². The lowest BCUT2D eigenvalue weighted by Crippen LogP contribution is -2.28. The lowest BCUT2D eigenvalue weighted by Gasteiger charge is -2.35. The zero-order valence-corrected chi connectivity index (χ0v) is 31.0. The third-order valence-electron chi connectivity index (χ3n) is 11.4. The van der Waals surface area contributed by atoms with Crippen molar-refractivity contribution in [2.45, 2.75) is 5.41 Å². The molecule has 0 aromatic heterocycles. The highest BCUT2D eigenvalue weighted by Gasteiger charge is 2.46. The summed E-state index contributed by atoms with van der Waals surface area (Å²) in [6, 6.07) is 86.1. The van der Waals surface area contributed by atoms with Gasteiger partial charge in [0.25, 0.3) is 0 Å². The predicted molar refractivity (Wildman–Crippen MR) is 235 cm³/mol. The molecule has 56 heavy (non-hydrogen) atoms. The van der Waals surface area contributed by atoms with Crippen molar-refractivity contribution in [2.24, 2.45) is 0 Å². The maximum atomic E-state index is 2.41. The standard InChI is InChI=1S/C55H39N/c1-4-16-40(17-5-1)42-30-32-43(33-31-42)44-34-36-48(37-35-44)56(49-24-14-20-45(38-49)41-18-6-2-7-19-41)50-25-15-23-47(39-50)55(46-21-8-3-9-22-46)53-28-12-10-26-51(53)52-27-11-13-29-54(52)55/h1-39H. The molecule has 0 spiro atoms. The molecule has 9 aromatic rings. The third kappa shape index (κ3) is 5.73. The van der Waals surface area contributed by atoms with Crippen molar-refractivity contribution in [3.8, 4) is 44.5 Å². The normalized spacial score (nSPS) is 12.4. The second-order valence-corrected chi connectivity index (χ2v) is 14.5. The number of anilines is 3. The summed E-state index contributed by atoms with van der Waals surface area (Å²) in [4.78, 5) is 2.41. The Labute approximate surface area is 329 Å². The van der Waals surface area contributed by atoms with Crippen LogP contribution in [0, 0.1) is 0 Å². The highest BCUT2D eigenvalue weighted by Crippen LogP contribution is 2.56. The highest BCUT2D eigenvalue weighted by atomic mass is 15.1. The minimum Gasteiger partial charge on any atom is -0.310 e. The van der Waals surface area contributed by atoms with E-state index >= 15 is 0 Å². The second kappa shape index (κ2) is 14.2. The largest absolute Gasteiger partial charge is 0.310 e. The van der Waals surface area contributed by atoms with Gasteiger partial charge in [-0.25, -0.2) is 0 Å². The van der Waals surface area contributed by atoms with Gasteiger partial charge in [-0.2, -0.15) is 0 Å². The number of benzene rings is 9. The molecule has 10 rings (SSSR count). The molecule has 0 atom stereocenters. The van der Waals surface area contributed by atoms with Gasteiger partial charge in [-0.15, -0.1) is 0 Å². The van der Waals surface area contributed by atoms with Crippen LogP contribution in [0.3, 0.4) is 0 Å². The number of fused-ring (bicyclic) bond motifs is 3. The molecule has 0 radical (unpaired) electrons. The Morgan fingerprint density at radius 1 is 0.250 bits per heavy atom. The second-order valence-electron chi connectivity index (χ2n) is 14.5. The lowest BCUT2D eigenvalue weighted by molar-refractivity contribution is 0.768. The van der Waals surface area contributed by atoms with Gasteiger partial charge in [0, 0.05) is 17.1 Å². The smallest absolute Gasteiger partial charge is 0.0714 e. The predicted octanol–water partition coefficient (Wildman–Crippen LogP) is 14.5. The van der Waals surface area contributed by atoms with Gasteiger partial charge in [-0.3, -0.25) is 0 Å². The fourth-order valence-corrected chi connectivity index (χ4v) is 8.78. The van der Waals surface area contributed by atoms with Crippen LogP contribution in [0.5, 0.6) is 0 Å². The van der Waals surface area contributed by atoms with E-state index in [1.165, 1.54) is 66.8 Å². The fourth-order valence-electron chi connectivity index (χ4n) is 8.78. The van der Waals surface area contributed by atoms with Crippen LogP contribution in [0.2, 0.25) is 0 Å². The topological polar surface area (TPSA) is 3.24 Å². The molecule has 0 amide bonds. The summed E-state index contributed by atoms with van der Waals surface area (Å²) in [6.45, 7) is 0. The maximum Gasteiger partial charge on any atom is 0.0714 e. The van der Waals surface area contributed by atoms with Gasteiger partial charge in [0.2, 0.25) is 0 Å². The number of hydrogen-bond acceptors (Lipinski definition) is 1. The molecule has 264 valence electrons. The summed E-state index contributed by atoms with van der Waals surface area (Å²) in [7, 11) is 0. The van der Waals surface area contributed by atoms with E-state index in [0.717, 1.165) is 17.1 Å². The van der Waals surface area contributed by atoms with Gasteiger partial charge in [0.05, 0.1) is 5.41 Å². The van der Waals surface area contributed by atoms with E-state index in [1.807, 2.05) is 0 Å². The maximum absolute atomic E-state index is 2.41. The molecule has 0 N–H and O–H groups in total. The Hall–Kier alpha value is -7.22. The Kier molecular flexibility index (Phi) is 8.46. The molecule has 9 aromatic carbocycles. The Morgan fingerprint density at radius 3 is 1.21 bits per heavy atom. The molecule has 0 fully saturated rings. The minimum absolute atomic E-state index is 0.488. The first-order chi connectivity index (χ1) is 27.8. The van der Waals surface area contributed by atoms with Crippen LogP contribution in [0.15, 0.2) is 237 Å². The molecule has 0 bridgehead atoms. The van der Waals surface area contributed by atoms with Gasteiger partial charge in [0.15, 0.2) is 0 Å². The SMILES string of the molecule is c1ccc(-c2ccc(-c3ccc(N(c4cccc(-c5ccccc5)c4)c4cccc(C5(c6ccccc6)c6ccccc6-c6ccccc65)c4)cc3)cc2)cc1. The first-order valence-corrected chi connectivity index (χ1v) is 19.3. The Balaban J connectivity index is 1.13. The quantitative estimate of drug-likeness (QED) is 0.152. The summed E-state index contributed by atoms with van der Waals surface area (Å²) in [5.41, 5.74) is 17.7. The summed E-state index contributed by atoms with van der Waals surface area (Å²) in [6.07, 6.45) is 0.